The Morgan fingerprint density at radius 1 is 1.00 bits per heavy atom. The fourth-order valence-corrected chi connectivity index (χ4v) is 3.85. The Balaban J connectivity index is 1.48. The first kappa shape index (κ1) is 21.2. The molecule has 0 N–H and O–H groups in total. The van der Waals surface area contributed by atoms with Crippen LogP contribution in [0, 0.1) is 17.6 Å². The molecule has 0 atom stereocenters. The number of hydrogen-bond acceptors (Lipinski definition) is 3. The number of methoxy groups -OCH3 is 1. The molecule has 0 saturated carbocycles. The Kier molecular flexibility index (Phi) is 6.64. The molecule has 1 saturated heterocycles. The molecule has 158 valence electrons. The minimum absolute atomic E-state index is 0.0894. The highest BCUT2D eigenvalue weighted by Gasteiger charge is 2.24. The second kappa shape index (κ2) is 9.40. The van der Waals surface area contributed by atoms with Gasteiger partial charge < -0.3 is 14.2 Å². The predicted molar refractivity (Wildman–Crippen MR) is 113 cm³/mol. The molecule has 0 spiro atoms. The monoisotopic (exact) mass is 432 g/mol. The quantitative estimate of drug-likeness (QED) is 0.488. The number of aryl methyl sites for hydroxylation is 2. The molecule has 3 aromatic rings. The van der Waals surface area contributed by atoms with Crippen LogP contribution in [0.5, 0.6) is 0 Å². The molecule has 0 aliphatic carbocycles. The van der Waals surface area contributed by atoms with Crippen molar-refractivity contribution in [3.8, 4) is 0 Å². The van der Waals surface area contributed by atoms with E-state index in [9.17, 15) is 4.39 Å². The zero-order valence-electron chi connectivity index (χ0n) is 16.7. The molecule has 6 heteroatoms. The van der Waals surface area contributed by atoms with Crippen LogP contribution in [0.3, 0.4) is 0 Å². The van der Waals surface area contributed by atoms with Gasteiger partial charge in [-0.05, 0) is 47.6 Å². The normalized spacial score (nSPS) is 19.3. The second-order valence-corrected chi connectivity index (χ2v) is 7.99. The van der Waals surface area contributed by atoms with Gasteiger partial charge in [-0.25, -0.2) is 8.78 Å². The Morgan fingerprint density at radius 3 is 2.53 bits per heavy atom. The van der Waals surface area contributed by atoms with E-state index < -0.39 is 12.1 Å². The summed E-state index contributed by atoms with van der Waals surface area (Å²) in [6.07, 6.45) is 0.548. The first-order chi connectivity index (χ1) is 14.5. The number of fused-ring (bicyclic) bond motifs is 1. The Labute approximate surface area is 179 Å². The van der Waals surface area contributed by atoms with E-state index in [1.807, 2.05) is 18.2 Å². The van der Waals surface area contributed by atoms with Crippen molar-refractivity contribution in [3.63, 3.8) is 0 Å². The molecule has 0 aromatic heterocycles. The van der Waals surface area contributed by atoms with Gasteiger partial charge in [-0.1, -0.05) is 41.9 Å². The lowest BCUT2D eigenvalue weighted by molar-refractivity contribution is -0.210. The van der Waals surface area contributed by atoms with Crippen LogP contribution >= 0.6 is 11.6 Å². The predicted octanol–water partition coefficient (Wildman–Crippen LogP) is 5.86. The maximum Gasteiger partial charge on any atom is 0.183 e. The van der Waals surface area contributed by atoms with Crippen molar-refractivity contribution in [2.75, 3.05) is 26.9 Å². The number of ether oxygens (including phenoxy) is 3. The van der Waals surface area contributed by atoms with Gasteiger partial charge in [-0.2, -0.15) is 0 Å². The van der Waals surface area contributed by atoms with Gasteiger partial charge in [0.05, 0.1) is 24.8 Å². The maximum absolute atomic E-state index is 15.1. The molecule has 4 rings (SSSR count). The van der Waals surface area contributed by atoms with Crippen molar-refractivity contribution in [2.24, 2.45) is 5.92 Å². The van der Waals surface area contributed by atoms with Gasteiger partial charge in [0.2, 0.25) is 0 Å². The first-order valence-corrected chi connectivity index (χ1v) is 10.3. The summed E-state index contributed by atoms with van der Waals surface area (Å²) in [5, 5.41) is 1.43. The maximum atomic E-state index is 15.1. The Hall–Kier alpha value is -2.05. The number of halogens is 3. The molecule has 0 unspecified atom stereocenters. The number of rotatable bonds is 6. The van der Waals surface area contributed by atoms with Crippen LogP contribution in [0.4, 0.5) is 8.78 Å². The summed E-state index contributed by atoms with van der Waals surface area (Å²) < 4.78 is 45.4. The van der Waals surface area contributed by atoms with E-state index in [-0.39, 0.29) is 16.8 Å². The zero-order chi connectivity index (χ0) is 21.1. The molecule has 0 amide bonds. The van der Waals surface area contributed by atoms with E-state index in [0.29, 0.717) is 43.6 Å². The second-order valence-electron chi connectivity index (χ2n) is 7.59. The highest BCUT2D eigenvalue weighted by atomic mass is 35.5. The molecule has 1 fully saturated rings. The zero-order valence-corrected chi connectivity index (χ0v) is 17.4. The minimum atomic E-state index is -0.457. The fourth-order valence-electron chi connectivity index (χ4n) is 3.74. The average Bonchev–Trinajstić information content (AvgIpc) is 2.76. The summed E-state index contributed by atoms with van der Waals surface area (Å²) in [5.74, 6) is -0.485. The van der Waals surface area contributed by atoms with Crippen LogP contribution in [0.25, 0.3) is 10.8 Å². The summed E-state index contributed by atoms with van der Waals surface area (Å²) in [4.78, 5) is 0. The lowest BCUT2D eigenvalue weighted by Gasteiger charge is -2.29. The Morgan fingerprint density at radius 2 is 1.80 bits per heavy atom. The molecule has 3 nitrogen and oxygen atoms in total. The van der Waals surface area contributed by atoms with Gasteiger partial charge in [0.25, 0.3) is 0 Å². The van der Waals surface area contributed by atoms with Crippen molar-refractivity contribution < 1.29 is 23.0 Å². The van der Waals surface area contributed by atoms with Crippen LogP contribution in [-0.4, -0.2) is 26.9 Å². The largest absolute Gasteiger partial charge is 0.384 e. The summed E-state index contributed by atoms with van der Waals surface area (Å²) >= 11 is 5.72. The van der Waals surface area contributed by atoms with Crippen LogP contribution < -0.4 is 0 Å². The van der Waals surface area contributed by atoms with Gasteiger partial charge in [0, 0.05) is 24.0 Å². The molecule has 0 bridgehead atoms. The van der Waals surface area contributed by atoms with Crippen molar-refractivity contribution in [2.45, 2.75) is 19.1 Å². The van der Waals surface area contributed by atoms with Gasteiger partial charge in [0.15, 0.2) is 6.29 Å². The van der Waals surface area contributed by atoms with Crippen molar-refractivity contribution >= 4 is 22.4 Å². The van der Waals surface area contributed by atoms with E-state index in [0.717, 1.165) is 16.5 Å². The van der Waals surface area contributed by atoms with Crippen molar-refractivity contribution in [3.05, 3.63) is 81.9 Å². The highest BCUT2D eigenvalue weighted by molar-refractivity contribution is 6.30. The topological polar surface area (TPSA) is 27.7 Å². The lowest BCUT2D eigenvalue weighted by Crippen LogP contribution is -2.29. The van der Waals surface area contributed by atoms with E-state index in [1.165, 1.54) is 12.1 Å². The SMILES string of the molecule is COCC1COC(c2ccc3c(F)c(CCc4ccc(Cl)c(F)c4)ccc3c2)OC1. The molecular formula is C24H23ClF2O3. The van der Waals surface area contributed by atoms with Gasteiger partial charge in [-0.3, -0.25) is 0 Å². The summed E-state index contributed by atoms with van der Waals surface area (Å²) in [6, 6.07) is 13.9. The standard InChI is InChI=1S/C24H23ClF2O3/c1-28-12-16-13-29-24(30-14-16)19-7-8-20-18(11-19)6-5-17(23(20)27)4-2-15-3-9-21(25)22(26)10-15/h3,5-11,16,24H,2,4,12-14H2,1H3. The molecule has 0 radical (unpaired) electrons. The highest BCUT2D eigenvalue weighted by Crippen LogP contribution is 2.30. The van der Waals surface area contributed by atoms with Crippen LogP contribution in [-0.2, 0) is 27.1 Å². The third kappa shape index (κ3) is 4.65. The summed E-state index contributed by atoms with van der Waals surface area (Å²) in [7, 11) is 1.66. The van der Waals surface area contributed by atoms with Gasteiger partial charge in [0.1, 0.15) is 11.6 Å². The number of benzene rings is 3. The summed E-state index contributed by atoms with van der Waals surface area (Å²) in [5.41, 5.74) is 2.24. The van der Waals surface area contributed by atoms with E-state index in [2.05, 4.69) is 0 Å². The molecule has 30 heavy (non-hydrogen) atoms. The smallest absolute Gasteiger partial charge is 0.183 e. The number of hydrogen-bond donors (Lipinski definition) is 0. The molecule has 1 aliphatic rings. The van der Waals surface area contributed by atoms with Gasteiger partial charge >= 0.3 is 0 Å². The molecule has 1 aliphatic heterocycles. The summed E-state index contributed by atoms with van der Waals surface area (Å²) in [6.45, 7) is 1.73. The fraction of sp³-hybridized carbons (Fsp3) is 0.333. The first-order valence-electron chi connectivity index (χ1n) is 9.92. The van der Waals surface area contributed by atoms with E-state index in [4.69, 9.17) is 25.8 Å². The van der Waals surface area contributed by atoms with E-state index >= 15 is 4.39 Å². The van der Waals surface area contributed by atoms with Crippen LogP contribution in [0.15, 0.2) is 48.5 Å². The molecular weight excluding hydrogens is 410 g/mol. The van der Waals surface area contributed by atoms with Crippen LogP contribution in [0.1, 0.15) is 23.0 Å². The van der Waals surface area contributed by atoms with Crippen LogP contribution in [0.2, 0.25) is 5.02 Å². The van der Waals surface area contributed by atoms with Gasteiger partial charge in [-0.15, -0.1) is 0 Å². The third-order valence-electron chi connectivity index (χ3n) is 5.37. The molecule has 3 aromatic carbocycles. The molecule has 1 heterocycles. The Bertz CT molecular complexity index is 1030. The van der Waals surface area contributed by atoms with E-state index in [1.54, 1.807) is 25.3 Å². The minimum Gasteiger partial charge on any atom is -0.384 e. The van der Waals surface area contributed by atoms with Crippen molar-refractivity contribution in [1.29, 1.82) is 0 Å². The third-order valence-corrected chi connectivity index (χ3v) is 5.67. The van der Waals surface area contributed by atoms with Crippen molar-refractivity contribution in [1.82, 2.24) is 0 Å². The average molecular weight is 433 g/mol. The lowest BCUT2D eigenvalue weighted by atomic mass is 9.99.